The first kappa shape index (κ1) is 11.0. The summed E-state index contributed by atoms with van der Waals surface area (Å²) < 4.78 is 10.7. The second-order valence-corrected chi connectivity index (χ2v) is 4.38. The van der Waals surface area contributed by atoms with Gasteiger partial charge in [-0.25, -0.2) is 4.79 Å². The molecule has 0 unspecified atom stereocenters. The van der Waals surface area contributed by atoms with Crippen molar-refractivity contribution in [2.75, 3.05) is 0 Å². The molecule has 0 atom stereocenters. The van der Waals surface area contributed by atoms with Crippen molar-refractivity contribution in [2.45, 2.75) is 38.2 Å². The van der Waals surface area contributed by atoms with E-state index in [9.17, 15) is 4.79 Å². The largest absolute Gasteiger partial charge is 0.472 e. The first-order valence-electron chi connectivity index (χ1n) is 5.56. The van der Waals surface area contributed by atoms with Crippen LogP contribution in [0.4, 0.5) is 0 Å². The Morgan fingerprint density at radius 3 is 2.69 bits per heavy atom. The summed E-state index contributed by atoms with van der Waals surface area (Å²) in [6, 6.07) is 1.87. The van der Waals surface area contributed by atoms with Crippen molar-refractivity contribution >= 4 is 5.97 Å². The number of hydrogen-bond donors (Lipinski definition) is 0. The normalized spacial score (nSPS) is 18.3. The first-order chi connectivity index (χ1) is 7.64. The van der Waals surface area contributed by atoms with Crippen LogP contribution in [0.2, 0.25) is 0 Å². The molecular weight excluding hydrogens is 204 g/mol. The van der Waals surface area contributed by atoms with E-state index in [1.165, 1.54) is 0 Å². The highest BCUT2D eigenvalue weighted by molar-refractivity contribution is 5.87. The fourth-order valence-electron chi connectivity index (χ4n) is 2.18. The van der Waals surface area contributed by atoms with Gasteiger partial charge in [-0.1, -0.05) is 6.58 Å². The predicted molar refractivity (Wildman–Crippen MR) is 59.8 cm³/mol. The molecule has 3 nitrogen and oxygen atoms in total. The molecule has 1 aromatic rings. The van der Waals surface area contributed by atoms with Gasteiger partial charge in [0, 0.05) is 11.1 Å². The van der Waals surface area contributed by atoms with Crippen molar-refractivity contribution in [2.24, 2.45) is 0 Å². The summed E-state index contributed by atoms with van der Waals surface area (Å²) in [4.78, 5) is 11.6. The molecule has 3 heteroatoms. The zero-order chi connectivity index (χ0) is 11.6. The number of rotatable bonds is 3. The lowest BCUT2D eigenvalue weighted by atomic mass is 9.94. The van der Waals surface area contributed by atoms with E-state index in [0.717, 1.165) is 31.2 Å². The van der Waals surface area contributed by atoms with Crippen LogP contribution in [-0.4, -0.2) is 5.97 Å². The van der Waals surface area contributed by atoms with Gasteiger partial charge in [0.05, 0.1) is 12.5 Å². The van der Waals surface area contributed by atoms with E-state index in [1.807, 2.05) is 6.07 Å². The van der Waals surface area contributed by atoms with Gasteiger partial charge in [-0.05, 0) is 38.7 Å². The molecule has 1 aliphatic rings. The van der Waals surface area contributed by atoms with E-state index in [2.05, 4.69) is 6.58 Å². The van der Waals surface area contributed by atoms with E-state index in [-0.39, 0.29) is 5.97 Å². The Morgan fingerprint density at radius 1 is 1.50 bits per heavy atom. The minimum absolute atomic E-state index is 0.317. The molecule has 86 valence electrons. The quantitative estimate of drug-likeness (QED) is 0.580. The minimum atomic E-state index is -0.483. The number of carbonyl (C=O) groups excluding carboxylic acids is 1. The van der Waals surface area contributed by atoms with Crippen molar-refractivity contribution in [1.82, 2.24) is 0 Å². The summed E-state index contributed by atoms with van der Waals surface area (Å²) in [6.45, 7) is 5.28. The van der Waals surface area contributed by atoms with E-state index in [1.54, 1.807) is 19.5 Å². The second kappa shape index (κ2) is 4.16. The van der Waals surface area contributed by atoms with E-state index < -0.39 is 5.60 Å². The van der Waals surface area contributed by atoms with Crippen LogP contribution in [0.3, 0.4) is 0 Å². The van der Waals surface area contributed by atoms with E-state index in [0.29, 0.717) is 5.57 Å². The number of esters is 1. The maximum absolute atomic E-state index is 11.6. The Bertz CT molecular complexity index is 383. The van der Waals surface area contributed by atoms with Crippen molar-refractivity contribution in [3.05, 3.63) is 36.3 Å². The highest BCUT2D eigenvalue weighted by Gasteiger charge is 2.40. The monoisotopic (exact) mass is 220 g/mol. The topological polar surface area (TPSA) is 39.4 Å². The van der Waals surface area contributed by atoms with Gasteiger partial charge in [-0.3, -0.25) is 0 Å². The standard InChI is InChI=1S/C13H16O3/c1-10(2)12(14)16-13(6-3-4-7-13)11-5-8-15-9-11/h5,8-9H,1,3-4,6-7H2,2H3. The van der Waals surface area contributed by atoms with Gasteiger partial charge in [0.1, 0.15) is 5.60 Å². The van der Waals surface area contributed by atoms with Crippen LogP contribution >= 0.6 is 0 Å². The molecule has 1 heterocycles. The smallest absolute Gasteiger partial charge is 0.334 e. The maximum atomic E-state index is 11.6. The molecule has 0 saturated heterocycles. The third-order valence-electron chi connectivity index (χ3n) is 3.10. The molecule has 1 saturated carbocycles. The third kappa shape index (κ3) is 1.90. The molecule has 16 heavy (non-hydrogen) atoms. The summed E-state index contributed by atoms with van der Waals surface area (Å²) in [5.74, 6) is -0.317. The predicted octanol–water partition coefficient (Wildman–Crippen LogP) is 3.17. The van der Waals surface area contributed by atoms with Crippen LogP contribution in [0.1, 0.15) is 38.2 Å². The molecule has 2 rings (SSSR count). The van der Waals surface area contributed by atoms with E-state index in [4.69, 9.17) is 9.15 Å². The number of hydrogen-bond acceptors (Lipinski definition) is 3. The molecule has 0 N–H and O–H groups in total. The molecule has 1 aliphatic carbocycles. The Hall–Kier alpha value is -1.51. The minimum Gasteiger partial charge on any atom is -0.472 e. The fourth-order valence-corrected chi connectivity index (χ4v) is 2.18. The van der Waals surface area contributed by atoms with Gasteiger partial charge in [0.25, 0.3) is 0 Å². The molecule has 0 aliphatic heterocycles. The Morgan fingerprint density at radius 2 is 2.19 bits per heavy atom. The van der Waals surface area contributed by atoms with Gasteiger partial charge in [-0.15, -0.1) is 0 Å². The van der Waals surface area contributed by atoms with Crippen LogP contribution in [0.5, 0.6) is 0 Å². The van der Waals surface area contributed by atoms with Gasteiger partial charge in [0.15, 0.2) is 0 Å². The maximum Gasteiger partial charge on any atom is 0.334 e. The summed E-state index contributed by atoms with van der Waals surface area (Å²) >= 11 is 0. The van der Waals surface area contributed by atoms with Crippen LogP contribution in [0.25, 0.3) is 0 Å². The molecule has 0 radical (unpaired) electrons. The first-order valence-corrected chi connectivity index (χ1v) is 5.56. The summed E-state index contributed by atoms with van der Waals surface area (Å²) in [5, 5.41) is 0. The fraction of sp³-hybridized carbons (Fsp3) is 0.462. The van der Waals surface area contributed by atoms with E-state index >= 15 is 0 Å². The molecule has 0 bridgehead atoms. The lowest BCUT2D eigenvalue weighted by molar-refractivity contribution is -0.155. The lowest BCUT2D eigenvalue weighted by Crippen LogP contribution is -2.29. The van der Waals surface area contributed by atoms with Gasteiger partial charge in [-0.2, -0.15) is 0 Å². The summed E-state index contributed by atoms with van der Waals surface area (Å²) in [7, 11) is 0. The van der Waals surface area contributed by atoms with Crippen molar-refractivity contribution in [1.29, 1.82) is 0 Å². The molecular formula is C13H16O3. The van der Waals surface area contributed by atoms with Crippen LogP contribution < -0.4 is 0 Å². The third-order valence-corrected chi connectivity index (χ3v) is 3.10. The second-order valence-electron chi connectivity index (χ2n) is 4.38. The Kier molecular flexibility index (Phi) is 2.86. The number of carbonyl (C=O) groups is 1. The summed E-state index contributed by atoms with van der Waals surface area (Å²) in [5.41, 5.74) is 0.914. The summed E-state index contributed by atoms with van der Waals surface area (Å²) in [6.07, 6.45) is 7.17. The number of ether oxygens (including phenoxy) is 1. The van der Waals surface area contributed by atoms with Gasteiger partial charge >= 0.3 is 5.97 Å². The van der Waals surface area contributed by atoms with Crippen molar-refractivity contribution in [3.63, 3.8) is 0 Å². The highest BCUT2D eigenvalue weighted by atomic mass is 16.6. The lowest BCUT2D eigenvalue weighted by Gasteiger charge is -2.28. The molecule has 1 fully saturated rings. The van der Waals surface area contributed by atoms with Crippen LogP contribution in [0.15, 0.2) is 35.2 Å². The van der Waals surface area contributed by atoms with Gasteiger partial charge < -0.3 is 9.15 Å². The average Bonchev–Trinajstić information content (AvgIpc) is 2.87. The molecule has 0 spiro atoms. The SMILES string of the molecule is C=C(C)C(=O)OC1(c2ccoc2)CCCC1. The number of furan rings is 1. The average molecular weight is 220 g/mol. The Balaban J connectivity index is 2.23. The van der Waals surface area contributed by atoms with Crippen molar-refractivity contribution < 1.29 is 13.9 Å². The molecule has 0 amide bonds. The van der Waals surface area contributed by atoms with Crippen LogP contribution in [-0.2, 0) is 15.1 Å². The van der Waals surface area contributed by atoms with Gasteiger partial charge in [0.2, 0.25) is 0 Å². The van der Waals surface area contributed by atoms with Crippen molar-refractivity contribution in [3.8, 4) is 0 Å². The van der Waals surface area contributed by atoms with Crippen LogP contribution in [0, 0.1) is 0 Å². The zero-order valence-electron chi connectivity index (χ0n) is 9.49. The molecule has 1 aromatic heterocycles. The Labute approximate surface area is 95.1 Å². The molecule has 0 aromatic carbocycles. The highest BCUT2D eigenvalue weighted by Crippen LogP contribution is 2.42. The zero-order valence-corrected chi connectivity index (χ0v) is 9.49.